The quantitative estimate of drug-likeness (QED) is 0.299. The van der Waals surface area contributed by atoms with Gasteiger partial charge in [0.25, 0.3) is 0 Å². The minimum absolute atomic E-state index is 0.125. The molecule has 188 valence electrons. The maximum atomic E-state index is 9.01. The van der Waals surface area contributed by atoms with Gasteiger partial charge in [-0.3, -0.25) is 4.98 Å². The number of hydrogen-bond acceptors (Lipinski definition) is 7. The summed E-state index contributed by atoms with van der Waals surface area (Å²) in [5, 5.41) is 21.7. The van der Waals surface area contributed by atoms with Crippen LogP contribution in [-0.4, -0.2) is 64.0 Å². The standard InChI is InChI=1S/C29H31N7O/c1-20-26(22-3-5-23(6-4-22)35-13-10-30-11-14-35)17-29-33-19-28(36(29)34-20)25-8-9-32-27-16-21(2-7-24(25)27)18-31-12-15-37/h2-9,16-17,19,30-31,37H,10-15,18H2,1H3. The van der Waals surface area contributed by atoms with E-state index in [0.29, 0.717) is 13.1 Å². The summed E-state index contributed by atoms with van der Waals surface area (Å²) in [5.74, 6) is 0. The Morgan fingerprint density at radius 3 is 2.62 bits per heavy atom. The number of nitrogens with zero attached hydrogens (tertiary/aromatic N) is 5. The molecule has 2 aromatic carbocycles. The Labute approximate surface area is 216 Å². The molecule has 5 aromatic rings. The number of nitrogens with one attached hydrogen (secondary N) is 2. The SMILES string of the molecule is Cc1nn2c(-c3ccnc4cc(CNCCO)ccc34)cnc2cc1-c1ccc(N2CCNCC2)cc1. The summed E-state index contributed by atoms with van der Waals surface area (Å²) in [4.78, 5) is 11.7. The predicted molar refractivity (Wildman–Crippen MR) is 148 cm³/mol. The van der Waals surface area contributed by atoms with E-state index in [2.05, 4.69) is 76.0 Å². The van der Waals surface area contributed by atoms with Crippen molar-refractivity contribution >= 4 is 22.2 Å². The second kappa shape index (κ2) is 10.3. The van der Waals surface area contributed by atoms with Gasteiger partial charge in [-0.1, -0.05) is 24.3 Å². The molecule has 0 atom stereocenters. The highest BCUT2D eigenvalue weighted by Gasteiger charge is 2.15. The van der Waals surface area contributed by atoms with E-state index in [9.17, 15) is 0 Å². The molecular formula is C29H31N7O. The maximum Gasteiger partial charge on any atom is 0.154 e. The number of rotatable bonds is 7. The van der Waals surface area contributed by atoms with Crippen LogP contribution in [0.15, 0.2) is 67.0 Å². The smallest absolute Gasteiger partial charge is 0.154 e. The van der Waals surface area contributed by atoms with Gasteiger partial charge in [-0.2, -0.15) is 5.10 Å². The average Bonchev–Trinajstić information content (AvgIpc) is 3.35. The molecule has 4 heterocycles. The zero-order chi connectivity index (χ0) is 25.2. The summed E-state index contributed by atoms with van der Waals surface area (Å²) in [7, 11) is 0. The topological polar surface area (TPSA) is 90.6 Å². The lowest BCUT2D eigenvalue weighted by Gasteiger charge is -2.29. The Morgan fingerprint density at radius 1 is 0.973 bits per heavy atom. The number of aryl methyl sites for hydroxylation is 1. The Bertz CT molecular complexity index is 1540. The van der Waals surface area contributed by atoms with Gasteiger partial charge in [-0.25, -0.2) is 9.50 Å². The van der Waals surface area contributed by atoms with Crippen LogP contribution in [0, 0.1) is 6.92 Å². The van der Waals surface area contributed by atoms with E-state index < -0.39 is 0 Å². The number of imidazole rings is 1. The van der Waals surface area contributed by atoms with Crippen LogP contribution in [0.4, 0.5) is 5.69 Å². The molecule has 1 saturated heterocycles. The third-order valence-electron chi connectivity index (χ3n) is 7.04. The highest BCUT2D eigenvalue weighted by atomic mass is 16.3. The first kappa shape index (κ1) is 23.5. The first-order valence-corrected chi connectivity index (χ1v) is 12.8. The van der Waals surface area contributed by atoms with Crippen molar-refractivity contribution in [2.45, 2.75) is 13.5 Å². The summed E-state index contributed by atoms with van der Waals surface area (Å²) in [6.07, 6.45) is 3.73. The molecule has 37 heavy (non-hydrogen) atoms. The Hall–Kier alpha value is -3.85. The zero-order valence-corrected chi connectivity index (χ0v) is 21.0. The van der Waals surface area contributed by atoms with Crippen molar-refractivity contribution in [2.24, 2.45) is 0 Å². The molecule has 0 radical (unpaired) electrons. The van der Waals surface area contributed by atoms with Gasteiger partial charge in [0.05, 0.1) is 29.7 Å². The van der Waals surface area contributed by atoms with Crippen molar-refractivity contribution in [3.05, 3.63) is 78.2 Å². The molecule has 0 saturated carbocycles. The van der Waals surface area contributed by atoms with Gasteiger partial charge < -0.3 is 20.6 Å². The second-order valence-corrected chi connectivity index (χ2v) is 9.45. The van der Waals surface area contributed by atoms with Crippen LogP contribution in [0.25, 0.3) is 38.9 Å². The molecule has 8 nitrogen and oxygen atoms in total. The molecule has 0 bridgehead atoms. The molecule has 6 rings (SSSR count). The molecular weight excluding hydrogens is 462 g/mol. The van der Waals surface area contributed by atoms with Gasteiger partial charge in [-0.05, 0) is 48.4 Å². The summed E-state index contributed by atoms with van der Waals surface area (Å²) < 4.78 is 1.93. The third-order valence-corrected chi connectivity index (χ3v) is 7.04. The van der Waals surface area contributed by atoms with Crippen molar-refractivity contribution in [3.63, 3.8) is 0 Å². The lowest BCUT2D eigenvalue weighted by atomic mass is 10.0. The molecule has 0 unspecified atom stereocenters. The van der Waals surface area contributed by atoms with Gasteiger partial charge in [-0.15, -0.1) is 0 Å². The number of fused-ring (bicyclic) bond motifs is 2. The fourth-order valence-electron chi connectivity index (χ4n) is 5.09. The van der Waals surface area contributed by atoms with Crippen molar-refractivity contribution in [1.82, 2.24) is 30.2 Å². The first-order valence-electron chi connectivity index (χ1n) is 12.8. The molecule has 1 aliphatic heterocycles. The van der Waals surface area contributed by atoms with E-state index in [0.717, 1.165) is 76.4 Å². The normalized spacial score (nSPS) is 14.1. The number of anilines is 1. The monoisotopic (exact) mass is 493 g/mol. The van der Waals surface area contributed by atoms with Crippen LogP contribution in [0.2, 0.25) is 0 Å². The maximum absolute atomic E-state index is 9.01. The van der Waals surface area contributed by atoms with Gasteiger partial charge in [0, 0.05) is 67.7 Å². The minimum atomic E-state index is 0.125. The van der Waals surface area contributed by atoms with Crippen LogP contribution in [0.3, 0.4) is 0 Å². The number of piperazine rings is 1. The molecule has 1 fully saturated rings. The molecule has 3 N–H and O–H groups in total. The fourth-order valence-corrected chi connectivity index (χ4v) is 5.09. The number of aliphatic hydroxyl groups is 1. The molecule has 0 amide bonds. The molecule has 3 aromatic heterocycles. The van der Waals surface area contributed by atoms with E-state index in [1.807, 2.05) is 23.0 Å². The summed E-state index contributed by atoms with van der Waals surface area (Å²) in [6, 6.07) is 19.2. The van der Waals surface area contributed by atoms with Crippen molar-refractivity contribution in [1.29, 1.82) is 0 Å². The van der Waals surface area contributed by atoms with Gasteiger partial charge >= 0.3 is 0 Å². The van der Waals surface area contributed by atoms with Crippen LogP contribution in [0.1, 0.15) is 11.3 Å². The summed E-state index contributed by atoms with van der Waals surface area (Å²) in [6.45, 7) is 7.57. The van der Waals surface area contributed by atoms with E-state index in [1.54, 1.807) is 0 Å². The summed E-state index contributed by atoms with van der Waals surface area (Å²) in [5.41, 5.74) is 9.32. The molecule has 1 aliphatic rings. The van der Waals surface area contributed by atoms with Crippen LogP contribution < -0.4 is 15.5 Å². The Kier molecular flexibility index (Phi) is 6.53. The molecule has 0 spiro atoms. The fraction of sp³-hybridized carbons (Fsp3) is 0.276. The van der Waals surface area contributed by atoms with E-state index in [1.165, 1.54) is 5.69 Å². The average molecular weight is 494 g/mol. The Balaban J connectivity index is 1.33. The first-order chi connectivity index (χ1) is 18.2. The predicted octanol–water partition coefficient (Wildman–Crippen LogP) is 3.41. The highest BCUT2D eigenvalue weighted by Crippen LogP contribution is 2.31. The minimum Gasteiger partial charge on any atom is -0.395 e. The highest BCUT2D eigenvalue weighted by molar-refractivity contribution is 5.94. The van der Waals surface area contributed by atoms with Crippen molar-refractivity contribution in [2.75, 3.05) is 44.2 Å². The van der Waals surface area contributed by atoms with Crippen molar-refractivity contribution < 1.29 is 5.11 Å². The number of aromatic nitrogens is 4. The van der Waals surface area contributed by atoms with Crippen LogP contribution in [-0.2, 0) is 6.54 Å². The third kappa shape index (κ3) is 4.67. The van der Waals surface area contributed by atoms with E-state index in [4.69, 9.17) is 15.2 Å². The number of benzene rings is 2. The largest absolute Gasteiger partial charge is 0.395 e. The lowest BCUT2D eigenvalue weighted by molar-refractivity contribution is 0.292. The number of pyridine rings is 1. The van der Waals surface area contributed by atoms with E-state index >= 15 is 0 Å². The van der Waals surface area contributed by atoms with Crippen LogP contribution >= 0.6 is 0 Å². The van der Waals surface area contributed by atoms with E-state index in [-0.39, 0.29) is 6.61 Å². The van der Waals surface area contributed by atoms with Gasteiger partial charge in [0.1, 0.15) is 0 Å². The van der Waals surface area contributed by atoms with Gasteiger partial charge in [0.15, 0.2) is 5.65 Å². The van der Waals surface area contributed by atoms with Crippen LogP contribution in [0.5, 0.6) is 0 Å². The van der Waals surface area contributed by atoms with Crippen molar-refractivity contribution in [3.8, 4) is 22.4 Å². The second-order valence-electron chi connectivity index (χ2n) is 9.45. The van der Waals surface area contributed by atoms with Gasteiger partial charge in [0.2, 0.25) is 0 Å². The number of aliphatic hydroxyl groups excluding tert-OH is 1. The number of hydrogen-bond donors (Lipinski definition) is 3. The molecule has 0 aliphatic carbocycles. The summed E-state index contributed by atoms with van der Waals surface area (Å²) >= 11 is 0. The molecule has 8 heteroatoms. The lowest BCUT2D eigenvalue weighted by Crippen LogP contribution is -2.43. The Morgan fingerprint density at radius 2 is 1.81 bits per heavy atom. The zero-order valence-electron chi connectivity index (χ0n) is 21.0.